The highest BCUT2D eigenvalue weighted by atomic mass is 19.1. The molecule has 0 bridgehead atoms. The molecule has 0 radical (unpaired) electrons. The Bertz CT molecular complexity index is 1080. The lowest BCUT2D eigenvalue weighted by molar-refractivity contribution is 0.128. The summed E-state index contributed by atoms with van der Waals surface area (Å²) >= 11 is 0. The third-order valence-corrected chi connectivity index (χ3v) is 5.71. The number of rotatable bonds is 7. The predicted octanol–water partition coefficient (Wildman–Crippen LogP) is 4.41. The first kappa shape index (κ1) is 21.9. The number of anilines is 1. The smallest absolute Gasteiger partial charge is 0.411 e. The van der Waals surface area contributed by atoms with E-state index in [2.05, 4.69) is 15.4 Å². The Morgan fingerprint density at radius 3 is 2.69 bits per heavy atom. The molecule has 8 nitrogen and oxygen atoms in total. The fourth-order valence-corrected chi connectivity index (χ4v) is 3.99. The normalized spacial score (nSPS) is 15.0. The summed E-state index contributed by atoms with van der Waals surface area (Å²) in [7, 11) is 3.09. The first-order valence-electron chi connectivity index (χ1n) is 10.5. The van der Waals surface area contributed by atoms with Crippen molar-refractivity contribution in [2.24, 2.45) is 0 Å². The van der Waals surface area contributed by atoms with Gasteiger partial charge in [-0.1, -0.05) is 5.16 Å². The van der Waals surface area contributed by atoms with E-state index in [1.165, 1.54) is 19.2 Å². The van der Waals surface area contributed by atoms with Crippen LogP contribution in [0.25, 0.3) is 11.0 Å². The maximum absolute atomic E-state index is 13.4. The minimum atomic E-state index is -0.520. The number of aromatic nitrogens is 1. The molecule has 170 valence electrons. The van der Waals surface area contributed by atoms with Gasteiger partial charge in [-0.25, -0.2) is 9.18 Å². The van der Waals surface area contributed by atoms with Crippen molar-refractivity contribution in [2.45, 2.75) is 18.8 Å². The highest BCUT2D eigenvalue weighted by Crippen LogP contribution is 2.33. The zero-order valence-corrected chi connectivity index (χ0v) is 18.1. The van der Waals surface area contributed by atoms with Crippen molar-refractivity contribution in [3.05, 3.63) is 47.9 Å². The topological polar surface area (TPSA) is 86.1 Å². The summed E-state index contributed by atoms with van der Waals surface area (Å²) in [5.41, 5.74) is 1.94. The molecule has 1 aromatic heterocycles. The number of carbonyl (C=O) groups excluding carboxylic acids is 1. The van der Waals surface area contributed by atoms with Crippen LogP contribution < -0.4 is 14.8 Å². The number of methoxy groups -OCH3 is 2. The Morgan fingerprint density at radius 1 is 1.16 bits per heavy atom. The first-order chi connectivity index (χ1) is 15.6. The number of hydrogen-bond acceptors (Lipinski definition) is 7. The molecule has 1 fully saturated rings. The first-order valence-corrected chi connectivity index (χ1v) is 10.5. The maximum Gasteiger partial charge on any atom is 0.411 e. The zero-order valence-electron chi connectivity index (χ0n) is 18.1. The number of likely N-dealkylation sites (tertiary alicyclic amines) is 1. The van der Waals surface area contributed by atoms with Crippen LogP contribution in [0.1, 0.15) is 24.5 Å². The third kappa shape index (κ3) is 4.94. The average molecular weight is 443 g/mol. The largest absolute Gasteiger partial charge is 0.493 e. The van der Waals surface area contributed by atoms with E-state index in [-0.39, 0.29) is 18.3 Å². The van der Waals surface area contributed by atoms with Crippen LogP contribution in [0.5, 0.6) is 11.5 Å². The minimum absolute atomic E-state index is 0.271. The summed E-state index contributed by atoms with van der Waals surface area (Å²) in [5, 5.41) is 7.75. The lowest BCUT2D eigenvalue weighted by Crippen LogP contribution is -2.36. The Morgan fingerprint density at radius 2 is 1.94 bits per heavy atom. The van der Waals surface area contributed by atoms with Crippen molar-refractivity contribution < 1.29 is 27.9 Å². The van der Waals surface area contributed by atoms with Crippen LogP contribution in [-0.4, -0.2) is 56.6 Å². The van der Waals surface area contributed by atoms with Gasteiger partial charge in [0.1, 0.15) is 12.4 Å². The van der Waals surface area contributed by atoms with Gasteiger partial charge in [-0.05, 0) is 50.2 Å². The number of benzene rings is 2. The molecule has 2 heterocycles. The van der Waals surface area contributed by atoms with E-state index < -0.39 is 6.09 Å². The standard InChI is InChI=1S/C23H26FN3O5/c1-29-19-6-4-17(14-21(19)30-2)25-23(28)31-12-11-27-9-7-15(8-10-27)22-18-5-3-16(24)13-20(18)32-26-22/h3-6,13-15H,7-12H2,1-2H3,(H,25,28). The molecular formula is C23H26FN3O5. The van der Waals surface area contributed by atoms with Crippen molar-refractivity contribution in [1.82, 2.24) is 10.1 Å². The highest BCUT2D eigenvalue weighted by Gasteiger charge is 2.25. The quantitative estimate of drug-likeness (QED) is 0.579. The van der Waals surface area contributed by atoms with Crippen molar-refractivity contribution in [1.29, 1.82) is 0 Å². The van der Waals surface area contributed by atoms with E-state index in [0.717, 1.165) is 37.0 Å². The number of nitrogens with one attached hydrogen (secondary N) is 1. The molecule has 3 aromatic rings. The molecule has 1 N–H and O–H groups in total. The Kier molecular flexibility index (Phi) is 6.75. The molecule has 2 aromatic carbocycles. The highest BCUT2D eigenvalue weighted by molar-refractivity contribution is 5.85. The van der Waals surface area contributed by atoms with E-state index in [0.29, 0.717) is 29.3 Å². The third-order valence-electron chi connectivity index (χ3n) is 5.71. The summed E-state index contributed by atoms with van der Waals surface area (Å²) in [4.78, 5) is 14.3. The second kappa shape index (κ2) is 9.86. The molecule has 0 aliphatic carbocycles. The van der Waals surface area contributed by atoms with E-state index in [4.69, 9.17) is 18.7 Å². The monoisotopic (exact) mass is 443 g/mol. The van der Waals surface area contributed by atoms with Gasteiger partial charge in [0.25, 0.3) is 0 Å². The van der Waals surface area contributed by atoms with Gasteiger partial charge in [-0.2, -0.15) is 0 Å². The second-order valence-corrected chi connectivity index (χ2v) is 7.65. The van der Waals surface area contributed by atoms with Gasteiger partial charge < -0.3 is 18.7 Å². The second-order valence-electron chi connectivity index (χ2n) is 7.65. The van der Waals surface area contributed by atoms with Crippen LogP contribution in [0, 0.1) is 5.82 Å². The van der Waals surface area contributed by atoms with Crippen LogP contribution in [0.15, 0.2) is 40.9 Å². The van der Waals surface area contributed by atoms with Gasteiger partial charge in [0.05, 0.1) is 19.9 Å². The van der Waals surface area contributed by atoms with Crippen molar-refractivity contribution in [3.8, 4) is 11.5 Å². The number of fused-ring (bicyclic) bond motifs is 1. The summed E-state index contributed by atoms with van der Waals surface area (Å²) in [6.45, 7) is 2.66. The van der Waals surface area contributed by atoms with Gasteiger partial charge >= 0.3 is 6.09 Å². The maximum atomic E-state index is 13.4. The molecule has 1 aliphatic rings. The van der Waals surface area contributed by atoms with Crippen LogP contribution in [0.3, 0.4) is 0 Å². The van der Waals surface area contributed by atoms with E-state index in [9.17, 15) is 9.18 Å². The molecule has 0 atom stereocenters. The van der Waals surface area contributed by atoms with Crippen LogP contribution in [0.4, 0.5) is 14.9 Å². The molecule has 0 unspecified atom stereocenters. The summed E-state index contributed by atoms with van der Waals surface area (Å²) in [6, 6.07) is 9.64. The number of carbonyl (C=O) groups is 1. The molecule has 4 rings (SSSR count). The Hall–Kier alpha value is -3.33. The van der Waals surface area contributed by atoms with Gasteiger partial charge in [0.2, 0.25) is 0 Å². The number of halogens is 1. The van der Waals surface area contributed by atoms with Crippen LogP contribution in [0.2, 0.25) is 0 Å². The average Bonchev–Trinajstić information content (AvgIpc) is 3.22. The molecule has 1 amide bonds. The van der Waals surface area contributed by atoms with E-state index in [1.807, 2.05) is 0 Å². The number of ether oxygens (including phenoxy) is 3. The van der Waals surface area contributed by atoms with Crippen LogP contribution >= 0.6 is 0 Å². The van der Waals surface area contributed by atoms with Crippen molar-refractivity contribution in [2.75, 3.05) is 45.8 Å². The fraction of sp³-hybridized carbons (Fsp3) is 0.391. The number of amides is 1. The number of nitrogens with zero attached hydrogens (tertiary/aromatic N) is 2. The fourth-order valence-electron chi connectivity index (χ4n) is 3.99. The summed E-state index contributed by atoms with van der Waals surface area (Å²) in [6.07, 6.45) is 1.31. The zero-order chi connectivity index (χ0) is 22.5. The Labute approximate surface area is 185 Å². The van der Waals surface area contributed by atoms with Gasteiger partial charge in [0.15, 0.2) is 17.1 Å². The SMILES string of the molecule is COc1ccc(NC(=O)OCCN2CCC(c3noc4cc(F)ccc34)CC2)cc1OC. The number of piperidine rings is 1. The molecular weight excluding hydrogens is 417 g/mol. The lowest BCUT2D eigenvalue weighted by Gasteiger charge is -2.30. The summed E-state index contributed by atoms with van der Waals surface area (Å²) < 4.78 is 34.4. The molecule has 1 saturated heterocycles. The number of hydrogen-bond donors (Lipinski definition) is 1. The molecule has 1 aliphatic heterocycles. The molecule has 0 saturated carbocycles. The van der Waals surface area contributed by atoms with Gasteiger partial charge in [0, 0.05) is 35.7 Å². The minimum Gasteiger partial charge on any atom is -0.493 e. The van der Waals surface area contributed by atoms with E-state index in [1.54, 1.807) is 31.4 Å². The molecule has 0 spiro atoms. The Balaban J connectivity index is 1.22. The molecule has 32 heavy (non-hydrogen) atoms. The van der Waals surface area contributed by atoms with Crippen LogP contribution in [-0.2, 0) is 4.74 Å². The summed E-state index contributed by atoms with van der Waals surface area (Å²) in [5.74, 6) is 1.05. The van der Waals surface area contributed by atoms with Crippen molar-refractivity contribution in [3.63, 3.8) is 0 Å². The predicted molar refractivity (Wildman–Crippen MR) is 117 cm³/mol. The van der Waals surface area contributed by atoms with Crippen molar-refractivity contribution >= 4 is 22.7 Å². The van der Waals surface area contributed by atoms with Gasteiger partial charge in [-0.3, -0.25) is 10.2 Å². The van der Waals surface area contributed by atoms with Gasteiger partial charge in [-0.15, -0.1) is 0 Å². The lowest BCUT2D eigenvalue weighted by atomic mass is 9.91. The molecule has 9 heteroatoms. The van der Waals surface area contributed by atoms with E-state index >= 15 is 0 Å².